The highest BCUT2D eigenvalue weighted by atomic mass is 32.2. The minimum absolute atomic E-state index is 0.0979. The number of amides is 1. The van der Waals surface area contributed by atoms with Crippen molar-refractivity contribution in [1.29, 1.82) is 0 Å². The summed E-state index contributed by atoms with van der Waals surface area (Å²) in [5, 5.41) is 0. The minimum atomic E-state index is -3.76. The Labute approximate surface area is 127 Å². The van der Waals surface area contributed by atoms with Crippen molar-refractivity contribution in [3.05, 3.63) is 30.3 Å². The van der Waals surface area contributed by atoms with Crippen molar-refractivity contribution in [3.63, 3.8) is 0 Å². The number of benzene rings is 1. The van der Waals surface area contributed by atoms with Crippen molar-refractivity contribution in [3.8, 4) is 0 Å². The molecule has 1 atom stereocenters. The van der Waals surface area contributed by atoms with Crippen LogP contribution in [-0.4, -0.2) is 20.9 Å². The summed E-state index contributed by atoms with van der Waals surface area (Å²) in [5.41, 5.74) is 5.55. The molecule has 1 aromatic rings. The molecule has 0 aliphatic rings. The van der Waals surface area contributed by atoms with Gasteiger partial charge in [-0.1, -0.05) is 32.0 Å². The fourth-order valence-corrected chi connectivity index (χ4v) is 3.24. The number of hydrogen-bond donors (Lipinski definition) is 2. The monoisotopic (exact) mass is 312 g/mol. The lowest BCUT2D eigenvalue weighted by Gasteiger charge is -2.19. The summed E-state index contributed by atoms with van der Waals surface area (Å²) in [7, 11) is -3.76. The van der Waals surface area contributed by atoms with Crippen LogP contribution < -0.4 is 10.5 Å². The van der Waals surface area contributed by atoms with Crippen LogP contribution in [0.15, 0.2) is 35.2 Å². The van der Waals surface area contributed by atoms with Crippen LogP contribution in [-0.2, 0) is 14.8 Å². The molecule has 0 heterocycles. The molecule has 6 heteroatoms. The maximum Gasteiger partial charge on any atom is 0.264 e. The largest absolute Gasteiger partial charge is 0.330 e. The average Bonchev–Trinajstić information content (AvgIpc) is 2.43. The molecule has 0 saturated heterocycles. The van der Waals surface area contributed by atoms with Gasteiger partial charge in [-0.05, 0) is 43.4 Å². The van der Waals surface area contributed by atoms with Crippen LogP contribution in [0.2, 0.25) is 0 Å². The van der Waals surface area contributed by atoms with Crippen molar-refractivity contribution < 1.29 is 13.2 Å². The zero-order valence-electron chi connectivity index (χ0n) is 12.6. The summed E-state index contributed by atoms with van der Waals surface area (Å²) in [6.45, 7) is 4.74. The standard InChI is InChI=1S/C15H24N2O3S/c1-12(2)13(10-11-16)8-9-15(18)17-21(19,20)14-6-4-3-5-7-14/h3-7,12-13H,8-11,16H2,1-2H3,(H,17,18). The summed E-state index contributed by atoms with van der Waals surface area (Å²) < 4.78 is 26.1. The van der Waals surface area contributed by atoms with Crippen molar-refractivity contribution >= 4 is 15.9 Å². The minimum Gasteiger partial charge on any atom is -0.330 e. The van der Waals surface area contributed by atoms with Crippen molar-refractivity contribution in [2.45, 2.75) is 38.0 Å². The van der Waals surface area contributed by atoms with Gasteiger partial charge in [0.25, 0.3) is 10.0 Å². The van der Waals surface area contributed by atoms with E-state index in [9.17, 15) is 13.2 Å². The molecule has 3 N–H and O–H groups in total. The quantitative estimate of drug-likeness (QED) is 0.767. The van der Waals surface area contributed by atoms with Crippen LogP contribution in [0.1, 0.15) is 33.1 Å². The molecular weight excluding hydrogens is 288 g/mol. The average molecular weight is 312 g/mol. The number of hydrogen-bond acceptors (Lipinski definition) is 4. The topological polar surface area (TPSA) is 89.3 Å². The number of carbonyl (C=O) groups excluding carboxylic acids is 1. The maximum atomic E-state index is 12.0. The second kappa shape index (κ2) is 8.14. The van der Waals surface area contributed by atoms with Crippen LogP contribution in [0.4, 0.5) is 0 Å². The van der Waals surface area contributed by atoms with E-state index in [-0.39, 0.29) is 11.3 Å². The highest BCUT2D eigenvalue weighted by Gasteiger charge is 2.19. The van der Waals surface area contributed by atoms with Crippen LogP contribution in [0.3, 0.4) is 0 Å². The Morgan fingerprint density at radius 2 is 1.81 bits per heavy atom. The van der Waals surface area contributed by atoms with Gasteiger partial charge in [0.2, 0.25) is 5.91 Å². The Hall–Kier alpha value is -1.40. The molecule has 1 amide bonds. The lowest BCUT2D eigenvalue weighted by Crippen LogP contribution is -2.31. The Morgan fingerprint density at radius 1 is 1.19 bits per heavy atom. The molecule has 118 valence electrons. The summed E-state index contributed by atoms with van der Waals surface area (Å²) in [6.07, 6.45) is 1.68. The van der Waals surface area contributed by atoms with E-state index in [4.69, 9.17) is 5.73 Å². The first-order valence-electron chi connectivity index (χ1n) is 7.17. The summed E-state index contributed by atoms with van der Waals surface area (Å²) in [4.78, 5) is 11.9. The molecular formula is C15H24N2O3S. The molecule has 0 fully saturated rings. The molecule has 0 bridgehead atoms. The number of rotatable bonds is 8. The number of nitrogens with two attached hydrogens (primary N) is 1. The first kappa shape index (κ1) is 17.7. The highest BCUT2D eigenvalue weighted by Crippen LogP contribution is 2.20. The van der Waals surface area contributed by atoms with Crippen LogP contribution in [0.25, 0.3) is 0 Å². The second-order valence-corrected chi connectivity index (χ2v) is 7.14. The lowest BCUT2D eigenvalue weighted by atomic mass is 9.88. The predicted molar refractivity (Wildman–Crippen MR) is 83.0 cm³/mol. The lowest BCUT2D eigenvalue weighted by molar-refractivity contribution is -0.119. The second-order valence-electron chi connectivity index (χ2n) is 5.46. The third-order valence-electron chi connectivity index (χ3n) is 3.52. The third-order valence-corrected chi connectivity index (χ3v) is 4.91. The molecule has 0 aliphatic heterocycles. The molecule has 0 aliphatic carbocycles. The van der Waals surface area contributed by atoms with E-state index in [0.717, 1.165) is 6.42 Å². The van der Waals surface area contributed by atoms with E-state index >= 15 is 0 Å². The molecule has 0 spiro atoms. The zero-order chi connectivity index (χ0) is 15.9. The molecule has 0 saturated carbocycles. The van der Waals surface area contributed by atoms with Gasteiger partial charge in [0.05, 0.1) is 4.90 Å². The molecule has 1 unspecified atom stereocenters. The van der Waals surface area contributed by atoms with Gasteiger partial charge in [0.1, 0.15) is 0 Å². The van der Waals surface area contributed by atoms with Crippen LogP contribution in [0, 0.1) is 11.8 Å². The van der Waals surface area contributed by atoms with Gasteiger partial charge in [-0.2, -0.15) is 0 Å². The molecule has 1 aromatic carbocycles. The first-order chi connectivity index (χ1) is 9.86. The van der Waals surface area contributed by atoms with E-state index in [1.165, 1.54) is 12.1 Å². The van der Waals surface area contributed by atoms with E-state index in [1.807, 2.05) is 0 Å². The van der Waals surface area contributed by atoms with E-state index in [0.29, 0.717) is 24.8 Å². The number of nitrogens with one attached hydrogen (secondary N) is 1. The van der Waals surface area contributed by atoms with Gasteiger partial charge >= 0.3 is 0 Å². The first-order valence-corrected chi connectivity index (χ1v) is 8.66. The Morgan fingerprint density at radius 3 is 2.33 bits per heavy atom. The normalized spacial score (nSPS) is 13.1. The number of sulfonamides is 1. The summed E-state index contributed by atoms with van der Waals surface area (Å²) >= 11 is 0. The van der Waals surface area contributed by atoms with Gasteiger partial charge in [0.15, 0.2) is 0 Å². The van der Waals surface area contributed by atoms with E-state index in [2.05, 4.69) is 18.6 Å². The highest BCUT2D eigenvalue weighted by molar-refractivity contribution is 7.90. The van der Waals surface area contributed by atoms with Crippen molar-refractivity contribution in [1.82, 2.24) is 4.72 Å². The predicted octanol–water partition coefficient (Wildman–Crippen LogP) is 1.89. The van der Waals surface area contributed by atoms with Crippen molar-refractivity contribution in [2.24, 2.45) is 17.6 Å². The Kier molecular flexibility index (Phi) is 6.84. The van der Waals surface area contributed by atoms with E-state index in [1.54, 1.807) is 18.2 Å². The maximum absolute atomic E-state index is 12.0. The summed E-state index contributed by atoms with van der Waals surface area (Å²) in [5.74, 6) is 0.286. The van der Waals surface area contributed by atoms with Gasteiger partial charge in [-0.3, -0.25) is 4.79 Å². The zero-order valence-corrected chi connectivity index (χ0v) is 13.4. The molecule has 0 aromatic heterocycles. The SMILES string of the molecule is CC(C)C(CCN)CCC(=O)NS(=O)(=O)c1ccccc1. The molecule has 1 rings (SSSR count). The Bertz CT molecular complexity index is 541. The van der Waals surface area contributed by atoms with E-state index < -0.39 is 15.9 Å². The third kappa shape index (κ3) is 5.85. The van der Waals surface area contributed by atoms with Crippen molar-refractivity contribution in [2.75, 3.05) is 6.54 Å². The smallest absolute Gasteiger partial charge is 0.264 e. The molecule has 5 nitrogen and oxygen atoms in total. The van der Waals surface area contributed by atoms with Crippen LogP contribution in [0.5, 0.6) is 0 Å². The number of carbonyl (C=O) groups is 1. The van der Waals surface area contributed by atoms with Gasteiger partial charge in [0, 0.05) is 6.42 Å². The molecule has 0 radical (unpaired) electrons. The van der Waals surface area contributed by atoms with Gasteiger partial charge in [-0.25, -0.2) is 13.1 Å². The summed E-state index contributed by atoms with van der Waals surface area (Å²) in [6, 6.07) is 7.88. The fourth-order valence-electron chi connectivity index (χ4n) is 2.20. The Balaban J connectivity index is 2.57. The van der Waals surface area contributed by atoms with Crippen LogP contribution >= 0.6 is 0 Å². The van der Waals surface area contributed by atoms with Gasteiger partial charge < -0.3 is 5.73 Å². The molecule has 21 heavy (non-hydrogen) atoms. The van der Waals surface area contributed by atoms with Gasteiger partial charge in [-0.15, -0.1) is 0 Å². The fraction of sp³-hybridized carbons (Fsp3) is 0.533.